The maximum atomic E-state index is 13.1. The van der Waals surface area contributed by atoms with Crippen molar-refractivity contribution in [1.29, 1.82) is 0 Å². The van der Waals surface area contributed by atoms with Crippen LogP contribution in [-0.2, 0) is 10.5 Å². The molecule has 1 fully saturated rings. The van der Waals surface area contributed by atoms with E-state index in [4.69, 9.17) is 16.3 Å². The Bertz CT molecular complexity index is 921. The first-order chi connectivity index (χ1) is 12.7. The van der Waals surface area contributed by atoms with Crippen molar-refractivity contribution in [3.8, 4) is 0 Å². The summed E-state index contributed by atoms with van der Waals surface area (Å²) in [4.78, 5) is 19.6. The summed E-state index contributed by atoms with van der Waals surface area (Å²) in [6.45, 7) is 2.73. The number of thioether (sulfide) groups is 1. The molecule has 0 N–H and O–H groups in total. The first-order valence-electron chi connectivity index (χ1n) is 8.09. The van der Waals surface area contributed by atoms with Crippen molar-refractivity contribution in [2.45, 2.75) is 10.8 Å². The van der Waals surface area contributed by atoms with Crippen LogP contribution in [0.3, 0.4) is 0 Å². The van der Waals surface area contributed by atoms with Crippen LogP contribution in [0.1, 0.15) is 5.56 Å². The Morgan fingerprint density at radius 2 is 1.85 bits per heavy atom. The number of nitrogens with zero attached hydrogens (tertiary/aromatic N) is 5. The molecule has 9 heteroatoms. The summed E-state index contributed by atoms with van der Waals surface area (Å²) >= 11 is 7.67. The molecule has 134 valence electrons. The van der Waals surface area contributed by atoms with Crippen LogP contribution in [0.25, 0.3) is 11.0 Å². The molecule has 0 atom stereocenters. The van der Waals surface area contributed by atoms with Crippen LogP contribution in [0.4, 0.5) is 10.2 Å². The molecule has 26 heavy (non-hydrogen) atoms. The van der Waals surface area contributed by atoms with E-state index in [1.54, 1.807) is 12.1 Å². The molecule has 0 saturated carbocycles. The average Bonchev–Trinajstić information content (AvgIpc) is 2.68. The zero-order chi connectivity index (χ0) is 17.9. The first kappa shape index (κ1) is 17.4. The Balaban J connectivity index is 1.67. The number of morpholine rings is 1. The fraction of sp³-hybridized carbons (Fsp3) is 0.294. The molecule has 3 heterocycles. The van der Waals surface area contributed by atoms with Gasteiger partial charge in [0.15, 0.2) is 5.82 Å². The number of halogens is 2. The molecule has 1 aromatic carbocycles. The second-order valence-electron chi connectivity index (χ2n) is 5.71. The molecule has 4 rings (SSSR count). The molecule has 0 aliphatic carbocycles. The number of hydrogen-bond acceptors (Lipinski definition) is 7. The summed E-state index contributed by atoms with van der Waals surface area (Å²) in [7, 11) is 0. The minimum absolute atomic E-state index is 0.164. The Labute approximate surface area is 158 Å². The smallest absolute Gasteiger partial charge is 0.225 e. The fourth-order valence-electron chi connectivity index (χ4n) is 2.72. The van der Waals surface area contributed by atoms with Gasteiger partial charge in [-0.05, 0) is 29.3 Å². The van der Waals surface area contributed by atoms with E-state index < -0.39 is 0 Å². The summed E-state index contributed by atoms with van der Waals surface area (Å²) in [6.07, 6.45) is 1.51. The molecule has 2 aromatic heterocycles. The third-order valence-corrected chi connectivity index (χ3v) is 5.22. The minimum Gasteiger partial charge on any atom is -0.378 e. The van der Waals surface area contributed by atoms with Crippen LogP contribution < -0.4 is 4.90 Å². The number of anilines is 1. The monoisotopic (exact) mass is 391 g/mol. The van der Waals surface area contributed by atoms with Crippen LogP contribution in [0.15, 0.2) is 35.6 Å². The Kier molecular flexibility index (Phi) is 5.14. The van der Waals surface area contributed by atoms with Gasteiger partial charge in [0.25, 0.3) is 0 Å². The molecule has 0 bridgehead atoms. The highest BCUT2D eigenvalue weighted by molar-refractivity contribution is 7.98. The van der Waals surface area contributed by atoms with Gasteiger partial charge in [0.1, 0.15) is 28.2 Å². The summed E-state index contributed by atoms with van der Waals surface area (Å²) in [5.41, 5.74) is 2.30. The number of fused-ring (bicyclic) bond motifs is 1. The highest BCUT2D eigenvalue weighted by Gasteiger charge is 2.20. The molecule has 1 aliphatic heterocycles. The normalized spacial score (nSPS) is 14.8. The van der Waals surface area contributed by atoms with E-state index in [0.717, 1.165) is 23.7 Å². The SMILES string of the molecule is Fc1ccc(CSc2ncnc3c(N4CCOCC4)nc(Cl)nc23)cc1. The van der Waals surface area contributed by atoms with Gasteiger partial charge in [-0.1, -0.05) is 23.9 Å². The van der Waals surface area contributed by atoms with Gasteiger partial charge in [0.2, 0.25) is 5.28 Å². The highest BCUT2D eigenvalue weighted by Crippen LogP contribution is 2.31. The Morgan fingerprint density at radius 1 is 1.08 bits per heavy atom. The molecule has 3 aromatic rings. The van der Waals surface area contributed by atoms with Crippen LogP contribution in [0, 0.1) is 5.82 Å². The van der Waals surface area contributed by atoms with Crippen molar-refractivity contribution in [1.82, 2.24) is 19.9 Å². The maximum Gasteiger partial charge on any atom is 0.225 e. The van der Waals surface area contributed by atoms with Crippen LogP contribution in [0.5, 0.6) is 0 Å². The number of ether oxygens (including phenoxy) is 1. The molecule has 6 nitrogen and oxygen atoms in total. The lowest BCUT2D eigenvalue weighted by molar-refractivity contribution is 0.122. The highest BCUT2D eigenvalue weighted by atomic mass is 35.5. The van der Waals surface area contributed by atoms with Gasteiger partial charge in [-0.3, -0.25) is 0 Å². The summed E-state index contributed by atoms with van der Waals surface area (Å²) < 4.78 is 18.5. The minimum atomic E-state index is -0.249. The van der Waals surface area contributed by atoms with E-state index in [2.05, 4.69) is 24.8 Å². The molecular formula is C17H15ClFN5OS. The van der Waals surface area contributed by atoms with Gasteiger partial charge in [-0.2, -0.15) is 4.98 Å². The number of benzene rings is 1. The van der Waals surface area contributed by atoms with E-state index in [9.17, 15) is 4.39 Å². The van der Waals surface area contributed by atoms with Crippen LogP contribution in [-0.4, -0.2) is 46.2 Å². The molecule has 0 radical (unpaired) electrons. The van der Waals surface area contributed by atoms with E-state index in [1.807, 2.05) is 0 Å². The van der Waals surface area contributed by atoms with E-state index in [0.29, 0.717) is 35.8 Å². The van der Waals surface area contributed by atoms with Crippen molar-refractivity contribution >= 4 is 40.2 Å². The summed E-state index contributed by atoms with van der Waals surface area (Å²) in [5.74, 6) is 1.09. The zero-order valence-corrected chi connectivity index (χ0v) is 15.3. The lowest BCUT2D eigenvalue weighted by Crippen LogP contribution is -2.37. The van der Waals surface area contributed by atoms with Crippen LogP contribution >= 0.6 is 23.4 Å². The third-order valence-electron chi connectivity index (χ3n) is 4.00. The lowest BCUT2D eigenvalue weighted by atomic mass is 10.2. The van der Waals surface area contributed by atoms with Crippen molar-refractivity contribution in [2.24, 2.45) is 0 Å². The van der Waals surface area contributed by atoms with Gasteiger partial charge in [0, 0.05) is 18.8 Å². The van der Waals surface area contributed by atoms with Crippen molar-refractivity contribution in [3.05, 3.63) is 47.3 Å². The molecule has 1 aliphatic rings. The maximum absolute atomic E-state index is 13.1. The second kappa shape index (κ2) is 7.69. The van der Waals surface area contributed by atoms with Crippen molar-refractivity contribution in [2.75, 3.05) is 31.2 Å². The van der Waals surface area contributed by atoms with Gasteiger partial charge in [-0.25, -0.2) is 19.3 Å². The molecule has 0 spiro atoms. The average molecular weight is 392 g/mol. The number of hydrogen-bond donors (Lipinski definition) is 0. The number of rotatable bonds is 4. The predicted molar refractivity (Wildman–Crippen MR) is 99.1 cm³/mol. The van der Waals surface area contributed by atoms with E-state index in [-0.39, 0.29) is 11.1 Å². The lowest BCUT2D eigenvalue weighted by Gasteiger charge is -2.28. The topological polar surface area (TPSA) is 64.0 Å². The largest absolute Gasteiger partial charge is 0.378 e. The predicted octanol–water partition coefficient (Wildman–Crippen LogP) is 3.34. The quantitative estimate of drug-likeness (QED) is 0.384. The third kappa shape index (κ3) is 3.72. The van der Waals surface area contributed by atoms with Gasteiger partial charge >= 0.3 is 0 Å². The molecule has 0 unspecified atom stereocenters. The second-order valence-corrected chi connectivity index (χ2v) is 7.01. The van der Waals surface area contributed by atoms with Gasteiger partial charge in [0.05, 0.1) is 13.2 Å². The molecular weight excluding hydrogens is 377 g/mol. The molecule has 1 saturated heterocycles. The molecule has 0 amide bonds. The van der Waals surface area contributed by atoms with E-state index >= 15 is 0 Å². The van der Waals surface area contributed by atoms with Gasteiger partial charge < -0.3 is 9.64 Å². The standard InChI is InChI=1S/C17H15ClFN5OS/c18-17-22-14-13(15(23-17)24-5-7-25-8-6-24)20-10-21-16(14)26-9-11-1-3-12(19)4-2-11/h1-4,10H,5-9H2. The number of aromatic nitrogens is 4. The van der Waals surface area contributed by atoms with Crippen LogP contribution in [0.2, 0.25) is 5.28 Å². The Morgan fingerprint density at radius 3 is 2.62 bits per heavy atom. The van der Waals surface area contributed by atoms with Gasteiger partial charge in [-0.15, -0.1) is 0 Å². The van der Waals surface area contributed by atoms with Crippen molar-refractivity contribution < 1.29 is 9.13 Å². The van der Waals surface area contributed by atoms with Crippen molar-refractivity contribution in [3.63, 3.8) is 0 Å². The zero-order valence-electron chi connectivity index (χ0n) is 13.7. The fourth-order valence-corrected chi connectivity index (χ4v) is 3.78. The first-order valence-corrected chi connectivity index (χ1v) is 9.45. The summed E-state index contributed by atoms with van der Waals surface area (Å²) in [6, 6.07) is 6.41. The summed E-state index contributed by atoms with van der Waals surface area (Å²) in [5, 5.41) is 0.885. The van der Waals surface area contributed by atoms with E-state index in [1.165, 1.54) is 30.2 Å². The Hall–Kier alpha value is -2.03.